The van der Waals surface area contributed by atoms with Gasteiger partial charge in [0.2, 0.25) is 5.91 Å². The number of carbonyl (C=O) groups excluding carboxylic acids is 2. The monoisotopic (exact) mass is 251 g/mol. The first-order valence-electron chi connectivity index (χ1n) is 5.26. The van der Waals surface area contributed by atoms with Crippen molar-refractivity contribution < 1.29 is 13.8 Å². The Morgan fingerprint density at radius 3 is 2.65 bits per heavy atom. The number of ketones is 1. The van der Waals surface area contributed by atoms with Crippen LogP contribution in [0, 0.1) is 0 Å². The van der Waals surface area contributed by atoms with Crippen LogP contribution in [-0.2, 0) is 15.6 Å². The van der Waals surface area contributed by atoms with E-state index in [1.54, 1.807) is 32.2 Å². The summed E-state index contributed by atoms with van der Waals surface area (Å²) in [5.74, 6) is -0.255. The van der Waals surface area contributed by atoms with E-state index in [-0.39, 0.29) is 11.7 Å². The molecule has 1 heterocycles. The molecular formula is C12H13NO3S. The van der Waals surface area contributed by atoms with Gasteiger partial charge in [0.1, 0.15) is 5.25 Å². The van der Waals surface area contributed by atoms with Gasteiger partial charge in [-0.2, -0.15) is 0 Å². The van der Waals surface area contributed by atoms with E-state index in [2.05, 4.69) is 0 Å². The Hall–Kier alpha value is -1.49. The van der Waals surface area contributed by atoms with Gasteiger partial charge in [0.05, 0.1) is 21.4 Å². The number of rotatable bonds is 1. The molecule has 90 valence electrons. The van der Waals surface area contributed by atoms with E-state index in [4.69, 9.17) is 0 Å². The highest BCUT2D eigenvalue weighted by atomic mass is 32.2. The summed E-state index contributed by atoms with van der Waals surface area (Å²) >= 11 is 0. The number of anilines is 1. The second-order valence-corrected chi connectivity index (χ2v) is 5.82. The summed E-state index contributed by atoms with van der Waals surface area (Å²) in [5, 5.41) is -0.532. The average Bonchev–Trinajstić information content (AvgIpc) is 2.32. The fourth-order valence-electron chi connectivity index (χ4n) is 1.84. The Labute approximate surface area is 102 Å². The maximum atomic E-state index is 12.0. The SMILES string of the molecule is CC(=O)c1ccc2c(c1)N(C)C(=O)C(C)S2=O. The van der Waals surface area contributed by atoms with Crippen LogP contribution >= 0.6 is 0 Å². The van der Waals surface area contributed by atoms with Crippen LogP contribution in [0.2, 0.25) is 0 Å². The Balaban J connectivity index is 2.62. The fraction of sp³-hybridized carbons (Fsp3) is 0.333. The first-order valence-corrected chi connectivity index (χ1v) is 6.48. The van der Waals surface area contributed by atoms with Crippen molar-refractivity contribution in [2.75, 3.05) is 11.9 Å². The number of hydrogen-bond donors (Lipinski definition) is 0. The maximum Gasteiger partial charge on any atom is 0.242 e. The molecule has 5 heteroatoms. The predicted octanol–water partition coefficient (Wildman–Crippen LogP) is 1.36. The van der Waals surface area contributed by atoms with Crippen LogP contribution in [0.5, 0.6) is 0 Å². The highest BCUT2D eigenvalue weighted by Crippen LogP contribution is 2.31. The zero-order chi connectivity index (χ0) is 12.7. The van der Waals surface area contributed by atoms with Crippen molar-refractivity contribution >= 4 is 28.2 Å². The molecule has 1 aromatic rings. The molecule has 1 aliphatic heterocycles. The van der Waals surface area contributed by atoms with E-state index < -0.39 is 16.0 Å². The largest absolute Gasteiger partial charge is 0.313 e. The van der Waals surface area contributed by atoms with E-state index in [1.807, 2.05) is 0 Å². The number of Topliss-reactive ketones (excluding diaryl/α,β-unsaturated/α-hetero) is 1. The number of nitrogens with zero attached hydrogens (tertiary/aromatic N) is 1. The average molecular weight is 251 g/mol. The molecule has 2 rings (SSSR count). The van der Waals surface area contributed by atoms with Crippen LogP contribution in [0.1, 0.15) is 24.2 Å². The van der Waals surface area contributed by atoms with Crippen molar-refractivity contribution in [3.05, 3.63) is 23.8 Å². The zero-order valence-corrected chi connectivity index (χ0v) is 10.7. The van der Waals surface area contributed by atoms with E-state index in [0.29, 0.717) is 16.1 Å². The van der Waals surface area contributed by atoms with Gasteiger partial charge in [-0.25, -0.2) is 0 Å². The number of amides is 1. The van der Waals surface area contributed by atoms with Crippen molar-refractivity contribution in [3.63, 3.8) is 0 Å². The van der Waals surface area contributed by atoms with Crippen molar-refractivity contribution in [2.24, 2.45) is 0 Å². The second-order valence-electron chi connectivity index (χ2n) is 4.08. The van der Waals surface area contributed by atoms with Gasteiger partial charge >= 0.3 is 0 Å². The molecule has 0 aromatic heterocycles. The van der Waals surface area contributed by atoms with Crippen LogP contribution in [0.25, 0.3) is 0 Å². The van der Waals surface area contributed by atoms with Gasteiger partial charge in [0.25, 0.3) is 0 Å². The van der Waals surface area contributed by atoms with Gasteiger partial charge < -0.3 is 4.90 Å². The number of benzene rings is 1. The lowest BCUT2D eigenvalue weighted by Gasteiger charge is -2.29. The van der Waals surface area contributed by atoms with Gasteiger partial charge in [0, 0.05) is 12.6 Å². The van der Waals surface area contributed by atoms with Gasteiger partial charge in [-0.15, -0.1) is 0 Å². The van der Waals surface area contributed by atoms with E-state index in [1.165, 1.54) is 11.8 Å². The Morgan fingerprint density at radius 2 is 2.06 bits per heavy atom. The lowest BCUT2D eigenvalue weighted by atomic mass is 10.1. The topological polar surface area (TPSA) is 54.5 Å². The predicted molar refractivity (Wildman–Crippen MR) is 65.7 cm³/mol. The molecule has 0 spiro atoms. The lowest BCUT2D eigenvalue weighted by molar-refractivity contribution is -0.117. The molecular weight excluding hydrogens is 238 g/mol. The Morgan fingerprint density at radius 1 is 1.41 bits per heavy atom. The molecule has 2 unspecified atom stereocenters. The minimum atomic E-state index is -1.33. The van der Waals surface area contributed by atoms with Gasteiger partial charge in [-0.05, 0) is 26.0 Å². The Bertz CT molecular complexity index is 539. The van der Waals surface area contributed by atoms with Crippen LogP contribution < -0.4 is 4.90 Å². The molecule has 4 nitrogen and oxygen atoms in total. The standard InChI is InChI=1S/C12H13NO3S/c1-7(14)9-4-5-11-10(6-9)13(3)12(15)8(2)17(11)16/h4-6,8H,1-3H3. The highest BCUT2D eigenvalue weighted by Gasteiger charge is 2.33. The first kappa shape index (κ1) is 12.0. The number of fused-ring (bicyclic) bond motifs is 1. The molecule has 1 amide bonds. The normalized spacial score (nSPS) is 23.5. The zero-order valence-electron chi connectivity index (χ0n) is 9.89. The second kappa shape index (κ2) is 4.07. The summed E-state index contributed by atoms with van der Waals surface area (Å²) in [6.07, 6.45) is 0. The maximum absolute atomic E-state index is 12.0. The van der Waals surface area contributed by atoms with Crippen LogP contribution in [0.3, 0.4) is 0 Å². The van der Waals surface area contributed by atoms with Gasteiger partial charge in [0.15, 0.2) is 5.78 Å². The molecule has 1 aromatic carbocycles. The van der Waals surface area contributed by atoms with Crippen molar-refractivity contribution in [1.29, 1.82) is 0 Å². The molecule has 0 N–H and O–H groups in total. The molecule has 0 saturated heterocycles. The van der Waals surface area contributed by atoms with Crippen LogP contribution in [0.15, 0.2) is 23.1 Å². The number of carbonyl (C=O) groups is 2. The quantitative estimate of drug-likeness (QED) is 0.708. The summed E-state index contributed by atoms with van der Waals surface area (Å²) in [7, 11) is 0.302. The van der Waals surface area contributed by atoms with Crippen molar-refractivity contribution in [2.45, 2.75) is 24.0 Å². The molecule has 2 atom stereocenters. The van der Waals surface area contributed by atoms with Gasteiger partial charge in [-0.1, -0.05) is 6.07 Å². The summed E-state index contributed by atoms with van der Waals surface area (Å²) in [4.78, 5) is 25.2. The van der Waals surface area contributed by atoms with Crippen molar-refractivity contribution in [1.82, 2.24) is 0 Å². The molecule has 17 heavy (non-hydrogen) atoms. The van der Waals surface area contributed by atoms with E-state index in [9.17, 15) is 13.8 Å². The molecule has 0 radical (unpaired) electrons. The summed E-state index contributed by atoms with van der Waals surface area (Å²) < 4.78 is 12.0. The molecule has 1 aliphatic rings. The van der Waals surface area contributed by atoms with Crippen molar-refractivity contribution in [3.8, 4) is 0 Å². The third-order valence-corrected chi connectivity index (χ3v) is 4.57. The first-order chi connectivity index (χ1) is 7.93. The minimum Gasteiger partial charge on any atom is -0.313 e. The highest BCUT2D eigenvalue weighted by molar-refractivity contribution is 7.86. The number of hydrogen-bond acceptors (Lipinski definition) is 3. The molecule has 0 saturated carbocycles. The Kier molecular flexibility index (Phi) is 2.87. The third kappa shape index (κ3) is 1.80. The fourth-order valence-corrected chi connectivity index (χ4v) is 3.17. The van der Waals surface area contributed by atoms with Crippen LogP contribution in [-0.4, -0.2) is 28.2 Å². The lowest BCUT2D eigenvalue weighted by Crippen LogP contribution is -2.41. The summed E-state index contributed by atoms with van der Waals surface area (Å²) in [6, 6.07) is 4.94. The molecule has 0 fully saturated rings. The van der Waals surface area contributed by atoms with Gasteiger partial charge in [-0.3, -0.25) is 13.8 Å². The molecule has 0 bridgehead atoms. The third-order valence-electron chi connectivity index (χ3n) is 2.94. The van der Waals surface area contributed by atoms with E-state index >= 15 is 0 Å². The summed E-state index contributed by atoms with van der Waals surface area (Å²) in [5.41, 5.74) is 1.09. The molecule has 0 aliphatic carbocycles. The minimum absolute atomic E-state index is 0.0712. The summed E-state index contributed by atoms with van der Waals surface area (Å²) in [6.45, 7) is 3.11. The van der Waals surface area contributed by atoms with E-state index in [0.717, 1.165) is 0 Å². The smallest absolute Gasteiger partial charge is 0.242 e. The van der Waals surface area contributed by atoms with Crippen LogP contribution in [0.4, 0.5) is 5.69 Å².